The number of hydrogen-bond acceptors (Lipinski definition) is 7. The first kappa shape index (κ1) is 33.5. The minimum absolute atomic E-state index is 0.124. The van der Waals surface area contributed by atoms with Crippen molar-refractivity contribution in [2.24, 2.45) is 23.7 Å². The molecule has 0 bridgehead atoms. The SMILES string of the molecule is COc1cc(O)c(C2C3=CCC4C(=O)N(c5ccc(I)cc5)C(=O)C4C3CC3C(=O)N(c4cccc(Cl)c4)C(=O)C32c2ccccc2)c(OC)c1. The zero-order valence-electron chi connectivity index (χ0n) is 27.6. The molecule has 2 aliphatic heterocycles. The molecule has 4 aliphatic rings. The van der Waals surface area contributed by atoms with Crippen LogP contribution in [0, 0.1) is 27.2 Å². The summed E-state index contributed by atoms with van der Waals surface area (Å²) >= 11 is 8.58. The summed E-state index contributed by atoms with van der Waals surface area (Å²) in [6.07, 6.45) is 2.31. The van der Waals surface area contributed by atoms with Crippen LogP contribution < -0.4 is 19.3 Å². The number of allylic oxidation sites excluding steroid dienone is 2. The number of hydrogen-bond donors (Lipinski definition) is 1. The number of imide groups is 2. The van der Waals surface area contributed by atoms with E-state index in [-0.39, 0.29) is 36.2 Å². The number of benzene rings is 4. The molecule has 2 heterocycles. The highest BCUT2D eigenvalue weighted by Crippen LogP contribution is 2.66. The number of rotatable bonds is 6. The number of phenols is 1. The fraction of sp³-hybridized carbons (Fsp3) is 0.250. The molecule has 9 nitrogen and oxygen atoms in total. The van der Waals surface area contributed by atoms with Gasteiger partial charge in [-0.25, -0.2) is 4.90 Å². The summed E-state index contributed by atoms with van der Waals surface area (Å²) < 4.78 is 12.3. The van der Waals surface area contributed by atoms with Crippen molar-refractivity contribution >= 4 is 69.2 Å². The Bertz CT molecular complexity index is 2160. The number of phenolic OH excluding ortho intramolecular Hbond substituents is 1. The second-order valence-corrected chi connectivity index (χ2v) is 15.0. The summed E-state index contributed by atoms with van der Waals surface area (Å²) in [5, 5.41) is 12.2. The normalized spacial score (nSPS) is 26.8. The van der Waals surface area contributed by atoms with E-state index in [9.17, 15) is 19.5 Å². The van der Waals surface area contributed by atoms with Gasteiger partial charge in [-0.05, 0) is 89.4 Å². The minimum Gasteiger partial charge on any atom is -0.507 e. The van der Waals surface area contributed by atoms with E-state index < -0.39 is 46.8 Å². The lowest BCUT2D eigenvalue weighted by Gasteiger charge is -2.51. The third kappa shape index (κ3) is 4.86. The third-order valence-corrected chi connectivity index (χ3v) is 12.0. The van der Waals surface area contributed by atoms with Gasteiger partial charge in [0.25, 0.3) is 0 Å². The molecule has 6 atom stereocenters. The first-order chi connectivity index (χ1) is 24.6. The fourth-order valence-electron chi connectivity index (χ4n) is 9.07. The molecule has 0 radical (unpaired) electrons. The quantitative estimate of drug-likeness (QED) is 0.126. The van der Waals surface area contributed by atoms with Gasteiger partial charge in [0.05, 0.1) is 48.8 Å². The Hall–Kier alpha value is -4.68. The largest absolute Gasteiger partial charge is 0.507 e. The zero-order chi connectivity index (χ0) is 35.8. The second-order valence-electron chi connectivity index (χ2n) is 13.3. The number of anilines is 2. The molecule has 8 rings (SSSR count). The number of aromatic hydroxyl groups is 1. The van der Waals surface area contributed by atoms with Crippen molar-refractivity contribution in [1.29, 1.82) is 0 Å². The van der Waals surface area contributed by atoms with Gasteiger partial charge in [-0.15, -0.1) is 0 Å². The van der Waals surface area contributed by atoms with Crippen LogP contribution >= 0.6 is 34.2 Å². The van der Waals surface area contributed by atoms with E-state index in [0.717, 1.165) is 3.57 Å². The lowest BCUT2D eigenvalue weighted by molar-refractivity contribution is -0.127. The van der Waals surface area contributed by atoms with Crippen LogP contribution in [-0.2, 0) is 24.6 Å². The standard InChI is InChI=1S/C40H32ClIN2O7/c1-50-26-18-31(45)34(32(19-26)51-2)35-27-15-16-28-33(38(48)43(36(28)46)24-13-11-23(42)12-14-24)29(27)20-30-37(47)44(25-10-6-9-22(41)17-25)39(49)40(30,35)21-7-4-3-5-8-21/h3-15,17-19,28-30,33,35,45H,16,20H2,1-2H3. The predicted octanol–water partition coefficient (Wildman–Crippen LogP) is 7.03. The van der Waals surface area contributed by atoms with E-state index >= 15 is 4.79 Å². The van der Waals surface area contributed by atoms with Crippen molar-refractivity contribution in [1.82, 2.24) is 0 Å². The molecule has 4 aromatic carbocycles. The highest BCUT2D eigenvalue weighted by Gasteiger charge is 2.71. The van der Waals surface area contributed by atoms with Crippen molar-refractivity contribution in [3.05, 3.63) is 122 Å². The molecule has 0 aromatic heterocycles. The van der Waals surface area contributed by atoms with E-state index in [1.54, 1.807) is 42.5 Å². The van der Waals surface area contributed by atoms with Crippen molar-refractivity contribution in [3.8, 4) is 17.2 Å². The molecule has 4 aromatic rings. The van der Waals surface area contributed by atoms with E-state index in [2.05, 4.69) is 22.6 Å². The van der Waals surface area contributed by atoms with E-state index in [1.165, 1.54) is 30.1 Å². The summed E-state index contributed by atoms with van der Waals surface area (Å²) in [5.41, 5.74) is 0.809. The van der Waals surface area contributed by atoms with Crippen LogP contribution in [-0.4, -0.2) is 43.0 Å². The molecule has 4 amide bonds. The Morgan fingerprint density at radius 1 is 0.804 bits per heavy atom. The molecule has 258 valence electrons. The summed E-state index contributed by atoms with van der Waals surface area (Å²) in [7, 11) is 2.94. The van der Waals surface area contributed by atoms with Gasteiger partial charge in [-0.1, -0.05) is 59.6 Å². The molecular weight excluding hydrogens is 783 g/mol. The monoisotopic (exact) mass is 814 g/mol. The Morgan fingerprint density at radius 2 is 1.55 bits per heavy atom. The third-order valence-electron chi connectivity index (χ3n) is 11.1. The second kappa shape index (κ2) is 12.5. The van der Waals surface area contributed by atoms with Crippen LogP contribution in [0.4, 0.5) is 11.4 Å². The number of halogens is 2. The predicted molar refractivity (Wildman–Crippen MR) is 199 cm³/mol. The molecule has 0 spiro atoms. The molecule has 3 fully saturated rings. The molecular formula is C40H32ClIN2O7. The summed E-state index contributed by atoms with van der Waals surface area (Å²) in [6, 6.07) is 26.0. The Labute approximate surface area is 312 Å². The van der Waals surface area contributed by atoms with Crippen LogP contribution in [0.15, 0.2) is 103 Å². The maximum atomic E-state index is 15.4. The number of nitrogens with zero attached hydrogens (tertiary/aromatic N) is 2. The summed E-state index contributed by atoms with van der Waals surface area (Å²) in [6.45, 7) is 0. The fourth-order valence-corrected chi connectivity index (χ4v) is 9.61. The molecule has 2 saturated heterocycles. The maximum Gasteiger partial charge on any atom is 0.246 e. The molecule has 1 saturated carbocycles. The van der Waals surface area contributed by atoms with E-state index in [4.69, 9.17) is 21.1 Å². The smallest absolute Gasteiger partial charge is 0.246 e. The van der Waals surface area contributed by atoms with Gasteiger partial charge in [0.15, 0.2) is 0 Å². The van der Waals surface area contributed by atoms with Crippen LogP contribution in [0.25, 0.3) is 0 Å². The number of amides is 4. The van der Waals surface area contributed by atoms with E-state index in [1.807, 2.05) is 48.5 Å². The summed E-state index contributed by atoms with van der Waals surface area (Å²) in [4.78, 5) is 61.4. The lowest BCUT2D eigenvalue weighted by Crippen LogP contribution is -2.53. The van der Waals surface area contributed by atoms with Crippen molar-refractivity contribution in [2.45, 2.75) is 24.2 Å². The number of fused-ring (bicyclic) bond motifs is 4. The molecule has 6 unspecified atom stereocenters. The van der Waals surface area contributed by atoms with Gasteiger partial charge >= 0.3 is 0 Å². The molecule has 51 heavy (non-hydrogen) atoms. The van der Waals surface area contributed by atoms with Gasteiger partial charge < -0.3 is 14.6 Å². The first-order valence-electron chi connectivity index (χ1n) is 16.6. The molecule has 11 heteroatoms. The lowest BCUT2D eigenvalue weighted by atomic mass is 9.49. The molecule has 2 aliphatic carbocycles. The van der Waals surface area contributed by atoms with Crippen molar-refractivity contribution < 1.29 is 33.8 Å². The maximum absolute atomic E-state index is 15.4. The summed E-state index contributed by atoms with van der Waals surface area (Å²) in [5.74, 6) is -5.18. The van der Waals surface area contributed by atoms with Crippen LogP contribution in [0.2, 0.25) is 5.02 Å². The van der Waals surface area contributed by atoms with Gasteiger partial charge in [-0.2, -0.15) is 0 Å². The Kier molecular flexibility index (Phi) is 8.22. The number of methoxy groups -OCH3 is 2. The zero-order valence-corrected chi connectivity index (χ0v) is 30.5. The highest BCUT2D eigenvalue weighted by molar-refractivity contribution is 14.1. The number of carbonyl (C=O) groups excluding carboxylic acids is 4. The van der Waals surface area contributed by atoms with E-state index in [0.29, 0.717) is 38.8 Å². The number of ether oxygens (including phenoxy) is 2. The van der Waals surface area contributed by atoms with Gasteiger partial charge in [0, 0.05) is 32.2 Å². The Balaban J connectivity index is 1.39. The first-order valence-corrected chi connectivity index (χ1v) is 18.0. The average Bonchev–Trinajstić information content (AvgIpc) is 3.53. The van der Waals surface area contributed by atoms with Gasteiger partial charge in [-0.3, -0.25) is 24.1 Å². The molecule has 1 N–H and O–H groups in total. The van der Waals surface area contributed by atoms with Crippen molar-refractivity contribution in [2.75, 3.05) is 24.0 Å². The minimum atomic E-state index is -1.57. The van der Waals surface area contributed by atoms with Gasteiger partial charge in [0.1, 0.15) is 17.2 Å². The van der Waals surface area contributed by atoms with Gasteiger partial charge in [0.2, 0.25) is 23.6 Å². The van der Waals surface area contributed by atoms with Crippen LogP contribution in [0.5, 0.6) is 17.2 Å². The average molecular weight is 815 g/mol. The van der Waals surface area contributed by atoms with Crippen molar-refractivity contribution in [3.63, 3.8) is 0 Å². The highest BCUT2D eigenvalue weighted by atomic mass is 127. The topological polar surface area (TPSA) is 113 Å². The Morgan fingerprint density at radius 3 is 2.24 bits per heavy atom. The number of carbonyl (C=O) groups is 4. The van der Waals surface area contributed by atoms with Crippen LogP contribution in [0.1, 0.15) is 29.9 Å². The van der Waals surface area contributed by atoms with Crippen LogP contribution in [0.3, 0.4) is 0 Å².